The number of amides is 1. The number of rotatable bonds is 7. The molecule has 1 aliphatic rings. The number of anilines is 1. The number of H-pyrrole nitrogens is 1. The van der Waals surface area contributed by atoms with E-state index in [1.165, 1.54) is 18.4 Å². The zero-order chi connectivity index (χ0) is 21.8. The minimum absolute atomic E-state index is 0. The lowest BCUT2D eigenvalue weighted by atomic mass is 10.1. The van der Waals surface area contributed by atoms with E-state index in [0.717, 1.165) is 36.4 Å². The fourth-order valence-corrected chi connectivity index (χ4v) is 4.02. The number of carbonyl (C=O) groups is 1. The average molecular weight is 457 g/mol. The van der Waals surface area contributed by atoms with Gasteiger partial charge >= 0.3 is 0 Å². The van der Waals surface area contributed by atoms with Gasteiger partial charge in [0.25, 0.3) is 5.91 Å². The Labute approximate surface area is 194 Å². The van der Waals surface area contributed by atoms with E-state index >= 15 is 0 Å². The molecule has 7 nitrogen and oxygen atoms in total. The summed E-state index contributed by atoms with van der Waals surface area (Å²) in [4.78, 5) is 15.4. The van der Waals surface area contributed by atoms with E-state index in [4.69, 9.17) is 9.47 Å². The number of ether oxygens (including phenoxy) is 2. The van der Waals surface area contributed by atoms with Crippen molar-refractivity contribution in [3.05, 3.63) is 59.3 Å². The highest BCUT2D eigenvalue weighted by Gasteiger charge is 2.20. The lowest BCUT2D eigenvalue weighted by molar-refractivity contribution is 0.102. The predicted octanol–water partition coefficient (Wildman–Crippen LogP) is 4.67. The zero-order valence-electron chi connectivity index (χ0n) is 18.6. The van der Waals surface area contributed by atoms with Crippen molar-refractivity contribution >= 4 is 24.0 Å². The monoisotopic (exact) mass is 456 g/mol. The van der Waals surface area contributed by atoms with Crippen LogP contribution in [0.2, 0.25) is 0 Å². The van der Waals surface area contributed by atoms with Crippen LogP contribution < -0.4 is 14.8 Å². The Bertz CT molecular complexity index is 1080. The van der Waals surface area contributed by atoms with E-state index < -0.39 is 0 Å². The van der Waals surface area contributed by atoms with Gasteiger partial charge in [-0.05, 0) is 62.7 Å². The molecule has 170 valence electrons. The average Bonchev–Trinajstić information content (AvgIpc) is 3.43. The highest BCUT2D eigenvalue weighted by atomic mass is 35.5. The van der Waals surface area contributed by atoms with E-state index in [1.54, 1.807) is 20.3 Å². The molecule has 0 atom stereocenters. The third-order valence-corrected chi connectivity index (χ3v) is 5.69. The molecule has 1 saturated heterocycles. The summed E-state index contributed by atoms with van der Waals surface area (Å²) >= 11 is 0. The molecule has 0 bridgehead atoms. The van der Waals surface area contributed by atoms with Gasteiger partial charge in [-0.1, -0.05) is 12.1 Å². The molecule has 4 rings (SSSR count). The maximum Gasteiger partial charge on any atom is 0.273 e. The number of aromatic amines is 1. The Morgan fingerprint density at radius 3 is 2.62 bits per heavy atom. The SMILES string of the molecule is COc1ccc(-c2n[nH]c(C(=O)Nc3cccc(CN4CCCC4)c3)c2C)c(OC)c1.Cl. The number of hydrogen-bond donors (Lipinski definition) is 2. The molecule has 0 aliphatic carbocycles. The summed E-state index contributed by atoms with van der Waals surface area (Å²) in [5.41, 5.74) is 4.63. The Balaban J connectivity index is 0.00000289. The maximum atomic E-state index is 12.9. The lowest BCUT2D eigenvalue weighted by Gasteiger charge is -2.15. The number of aromatic nitrogens is 2. The Kier molecular flexibility index (Phi) is 7.77. The quantitative estimate of drug-likeness (QED) is 0.540. The first-order chi connectivity index (χ1) is 15.1. The summed E-state index contributed by atoms with van der Waals surface area (Å²) in [6.45, 7) is 5.07. The number of nitrogens with one attached hydrogen (secondary N) is 2. The van der Waals surface area contributed by atoms with Gasteiger partial charge in [0.05, 0.1) is 19.9 Å². The molecule has 0 spiro atoms. The van der Waals surface area contributed by atoms with E-state index in [1.807, 2.05) is 37.3 Å². The number of likely N-dealkylation sites (tertiary alicyclic amines) is 1. The number of methoxy groups -OCH3 is 2. The summed E-state index contributed by atoms with van der Waals surface area (Å²) in [7, 11) is 3.21. The molecule has 2 aromatic carbocycles. The molecule has 3 aromatic rings. The fraction of sp³-hybridized carbons (Fsp3) is 0.333. The summed E-state index contributed by atoms with van der Waals surface area (Å²) in [6.07, 6.45) is 2.52. The van der Waals surface area contributed by atoms with E-state index in [-0.39, 0.29) is 18.3 Å². The van der Waals surface area contributed by atoms with Crippen LogP contribution in [0.4, 0.5) is 5.69 Å². The van der Waals surface area contributed by atoms with Crippen molar-refractivity contribution in [1.82, 2.24) is 15.1 Å². The van der Waals surface area contributed by atoms with Gasteiger partial charge in [0.2, 0.25) is 0 Å². The molecule has 1 aromatic heterocycles. The lowest BCUT2D eigenvalue weighted by Crippen LogP contribution is -2.18. The minimum atomic E-state index is -0.220. The number of carbonyl (C=O) groups excluding carboxylic acids is 1. The first-order valence-corrected chi connectivity index (χ1v) is 10.5. The molecule has 1 aliphatic heterocycles. The molecule has 2 N–H and O–H groups in total. The van der Waals surface area contributed by atoms with Gasteiger partial charge in [0.15, 0.2) is 0 Å². The largest absolute Gasteiger partial charge is 0.497 e. The molecule has 1 fully saturated rings. The number of hydrogen-bond acceptors (Lipinski definition) is 5. The summed E-state index contributed by atoms with van der Waals surface area (Å²) in [5, 5.41) is 10.3. The second kappa shape index (κ2) is 10.5. The van der Waals surface area contributed by atoms with Crippen LogP contribution in [-0.4, -0.2) is 48.3 Å². The summed E-state index contributed by atoms with van der Waals surface area (Å²) in [5.74, 6) is 1.11. The minimum Gasteiger partial charge on any atom is -0.497 e. The van der Waals surface area contributed by atoms with Gasteiger partial charge in [-0.25, -0.2) is 0 Å². The summed E-state index contributed by atoms with van der Waals surface area (Å²) < 4.78 is 10.8. The van der Waals surface area contributed by atoms with Crippen molar-refractivity contribution in [2.75, 3.05) is 32.6 Å². The van der Waals surface area contributed by atoms with Gasteiger partial charge < -0.3 is 14.8 Å². The van der Waals surface area contributed by atoms with Crippen molar-refractivity contribution in [3.8, 4) is 22.8 Å². The van der Waals surface area contributed by atoms with Crippen molar-refractivity contribution in [3.63, 3.8) is 0 Å². The number of halogens is 1. The normalized spacial score (nSPS) is 13.5. The maximum absolute atomic E-state index is 12.9. The first kappa shape index (κ1) is 23.6. The van der Waals surface area contributed by atoms with Crippen molar-refractivity contribution < 1.29 is 14.3 Å². The van der Waals surface area contributed by atoms with Crippen LogP contribution in [-0.2, 0) is 6.54 Å². The number of nitrogens with zero attached hydrogens (tertiary/aromatic N) is 2. The molecule has 32 heavy (non-hydrogen) atoms. The molecule has 0 radical (unpaired) electrons. The Hall–Kier alpha value is -3.03. The van der Waals surface area contributed by atoms with Crippen LogP contribution in [0.5, 0.6) is 11.5 Å². The van der Waals surface area contributed by atoms with Gasteiger partial charge in [0.1, 0.15) is 17.2 Å². The van der Waals surface area contributed by atoms with E-state index in [9.17, 15) is 4.79 Å². The smallest absolute Gasteiger partial charge is 0.273 e. The van der Waals surface area contributed by atoms with Crippen LogP contribution in [0, 0.1) is 6.92 Å². The van der Waals surface area contributed by atoms with Crippen molar-refractivity contribution in [1.29, 1.82) is 0 Å². The molecule has 8 heteroatoms. The van der Waals surface area contributed by atoms with Crippen molar-refractivity contribution in [2.24, 2.45) is 0 Å². The topological polar surface area (TPSA) is 79.5 Å². The molecule has 1 amide bonds. The second-order valence-corrected chi connectivity index (χ2v) is 7.78. The molecular formula is C24H29ClN4O3. The Morgan fingerprint density at radius 2 is 1.91 bits per heavy atom. The predicted molar refractivity (Wildman–Crippen MR) is 128 cm³/mol. The van der Waals surface area contributed by atoms with Gasteiger partial charge in [-0.3, -0.25) is 14.8 Å². The fourth-order valence-electron chi connectivity index (χ4n) is 4.02. The zero-order valence-corrected chi connectivity index (χ0v) is 19.4. The van der Waals surface area contributed by atoms with Gasteiger partial charge in [-0.15, -0.1) is 12.4 Å². The standard InChI is InChI=1S/C24H28N4O3.ClH/c1-16-22(20-10-9-19(30-2)14-21(20)31-3)26-27-23(16)24(29)25-18-8-6-7-17(13-18)15-28-11-4-5-12-28;/h6-10,13-14H,4-5,11-12,15H2,1-3H3,(H,25,29)(H,26,27);1H. The molecule has 0 saturated carbocycles. The molecule has 0 unspecified atom stereocenters. The van der Waals surface area contributed by atoms with Crippen molar-refractivity contribution in [2.45, 2.75) is 26.3 Å². The van der Waals surface area contributed by atoms with Crippen LogP contribution in [0.25, 0.3) is 11.3 Å². The van der Waals surface area contributed by atoms with Gasteiger partial charge in [0, 0.05) is 29.4 Å². The third kappa shape index (κ3) is 5.06. The Morgan fingerprint density at radius 1 is 1.12 bits per heavy atom. The van der Waals surface area contributed by atoms with Gasteiger partial charge in [-0.2, -0.15) is 5.10 Å². The number of benzene rings is 2. The molecule has 2 heterocycles. The molecular weight excluding hydrogens is 428 g/mol. The van der Waals surface area contributed by atoms with Crippen LogP contribution in [0.1, 0.15) is 34.5 Å². The van der Waals surface area contributed by atoms with Crippen LogP contribution >= 0.6 is 12.4 Å². The highest BCUT2D eigenvalue weighted by Crippen LogP contribution is 2.34. The summed E-state index contributed by atoms with van der Waals surface area (Å²) in [6, 6.07) is 13.6. The van der Waals surface area contributed by atoms with E-state index in [0.29, 0.717) is 22.9 Å². The highest BCUT2D eigenvalue weighted by molar-refractivity contribution is 6.04. The van der Waals surface area contributed by atoms with E-state index in [2.05, 4.69) is 26.5 Å². The first-order valence-electron chi connectivity index (χ1n) is 10.5. The van der Waals surface area contributed by atoms with Crippen LogP contribution in [0.3, 0.4) is 0 Å². The second-order valence-electron chi connectivity index (χ2n) is 7.78. The van der Waals surface area contributed by atoms with Crippen LogP contribution in [0.15, 0.2) is 42.5 Å². The third-order valence-electron chi connectivity index (χ3n) is 5.69.